The summed E-state index contributed by atoms with van der Waals surface area (Å²) in [5, 5.41) is 2.61. The lowest BCUT2D eigenvalue weighted by atomic mass is 10.1. The Bertz CT molecular complexity index is 326. The van der Waals surface area contributed by atoms with Crippen LogP contribution in [0.5, 0.6) is 0 Å². The summed E-state index contributed by atoms with van der Waals surface area (Å²) < 4.78 is -0.595. The Morgan fingerprint density at radius 2 is 1.83 bits per heavy atom. The number of nitrogens with one attached hydrogen (secondary N) is 1. The summed E-state index contributed by atoms with van der Waals surface area (Å²) in [5.41, 5.74) is 4.67. The number of nitrogens with zero attached hydrogens (tertiary/aromatic N) is 2. The lowest BCUT2D eigenvalue weighted by Crippen LogP contribution is -2.56. The summed E-state index contributed by atoms with van der Waals surface area (Å²) in [6.07, 6.45) is 0. The minimum Gasteiger partial charge on any atom is -0.351 e. The highest BCUT2D eigenvalue weighted by Crippen LogP contribution is 2.08. The zero-order chi connectivity index (χ0) is 13.9. The number of carbonyl (C=O) groups is 2. The number of rotatable bonds is 3. The number of amides is 2. The molecule has 1 saturated heterocycles. The number of nitrogens with two attached hydrogens (primary N) is 1. The van der Waals surface area contributed by atoms with Gasteiger partial charge in [0.25, 0.3) is 5.91 Å². The van der Waals surface area contributed by atoms with Crippen molar-refractivity contribution in [3.63, 3.8) is 0 Å². The molecule has 8 heteroatoms. The number of alkyl halides is 1. The number of carbonyl (C=O) groups excluding carboxylic acids is 2. The van der Waals surface area contributed by atoms with Crippen LogP contribution in [0.1, 0.15) is 13.8 Å². The van der Waals surface area contributed by atoms with Crippen LogP contribution in [0.3, 0.4) is 0 Å². The molecule has 0 spiro atoms. The number of hydrogen-bond donors (Lipinski definition) is 2. The van der Waals surface area contributed by atoms with Gasteiger partial charge in [-0.1, -0.05) is 0 Å². The van der Waals surface area contributed by atoms with Crippen LogP contribution in [0, 0.1) is 0 Å². The van der Waals surface area contributed by atoms with Crippen LogP contribution in [0.4, 0.5) is 0 Å². The van der Waals surface area contributed by atoms with E-state index >= 15 is 0 Å². The molecule has 1 aliphatic rings. The summed E-state index contributed by atoms with van der Waals surface area (Å²) in [4.78, 5) is 27.1. The lowest BCUT2D eigenvalue weighted by molar-refractivity contribution is -0.135. The highest BCUT2D eigenvalue weighted by molar-refractivity contribution is 14.1. The van der Waals surface area contributed by atoms with Crippen molar-refractivity contribution < 1.29 is 9.59 Å². The van der Waals surface area contributed by atoms with Gasteiger partial charge >= 0.3 is 0 Å². The van der Waals surface area contributed by atoms with Crippen molar-refractivity contribution in [2.75, 3.05) is 26.2 Å². The highest BCUT2D eigenvalue weighted by Gasteiger charge is 2.29. The maximum Gasteiger partial charge on any atom is 0.255 e. The molecule has 0 bridgehead atoms. The highest BCUT2D eigenvalue weighted by atomic mass is 127. The van der Waals surface area contributed by atoms with Gasteiger partial charge in [-0.05, 0) is 36.4 Å². The molecule has 1 rings (SSSR count). The fraction of sp³-hybridized carbons (Fsp3) is 0.800. The van der Waals surface area contributed by atoms with Crippen molar-refractivity contribution >= 4 is 42.4 Å². The van der Waals surface area contributed by atoms with E-state index in [2.05, 4.69) is 5.32 Å². The predicted octanol–water partition coefficient (Wildman–Crippen LogP) is -1.17. The van der Waals surface area contributed by atoms with Gasteiger partial charge in [-0.25, -0.2) is 0 Å². The minimum absolute atomic E-state index is 0.110. The molecule has 0 aromatic rings. The van der Waals surface area contributed by atoms with Crippen LogP contribution < -0.4 is 11.1 Å². The first kappa shape index (κ1) is 15.7. The van der Waals surface area contributed by atoms with Gasteiger partial charge in [0, 0.05) is 26.2 Å². The molecule has 1 heterocycles. The molecule has 0 aromatic carbocycles. The van der Waals surface area contributed by atoms with E-state index in [4.69, 9.17) is 13.7 Å². The van der Waals surface area contributed by atoms with Gasteiger partial charge in [0.1, 0.15) is 0 Å². The van der Waals surface area contributed by atoms with Crippen molar-refractivity contribution in [2.24, 2.45) is 5.73 Å². The summed E-state index contributed by atoms with van der Waals surface area (Å²) >= 11 is 1.91. The van der Waals surface area contributed by atoms with Crippen molar-refractivity contribution in [2.45, 2.75) is 23.4 Å². The van der Waals surface area contributed by atoms with E-state index in [9.17, 15) is 9.59 Å². The topological polar surface area (TPSA) is 78.7 Å². The first-order valence-corrected chi connectivity index (χ1v) is 6.98. The SMILES string of the molecule is [B]N1CCN(C(=O)[C@@H](I)NC(=O)C(C)(C)N)CC1. The van der Waals surface area contributed by atoms with E-state index < -0.39 is 9.59 Å². The molecule has 6 nitrogen and oxygen atoms in total. The molecule has 0 unspecified atom stereocenters. The first-order valence-electron chi connectivity index (χ1n) is 5.74. The largest absolute Gasteiger partial charge is 0.351 e. The van der Waals surface area contributed by atoms with E-state index in [1.807, 2.05) is 22.6 Å². The van der Waals surface area contributed by atoms with Gasteiger partial charge in [-0.15, -0.1) is 0 Å². The summed E-state index contributed by atoms with van der Waals surface area (Å²) in [5.74, 6) is -0.450. The third kappa shape index (κ3) is 4.40. The molecule has 18 heavy (non-hydrogen) atoms. The van der Waals surface area contributed by atoms with Gasteiger partial charge in [-0.3, -0.25) is 9.59 Å². The second-order valence-electron chi connectivity index (χ2n) is 4.92. The van der Waals surface area contributed by atoms with Gasteiger partial charge < -0.3 is 20.8 Å². The summed E-state index contributed by atoms with van der Waals surface area (Å²) in [6, 6.07) is 0. The van der Waals surface area contributed by atoms with E-state index in [1.54, 1.807) is 23.6 Å². The van der Waals surface area contributed by atoms with Crippen molar-refractivity contribution in [1.82, 2.24) is 15.0 Å². The second kappa shape index (κ2) is 6.20. The summed E-state index contributed by atoms with van der Waals surface area (Å²) in [6.45, 7) is 5.65. The molecule has 2 amide bonds. The van der Waals surface area contributed by atoms with Crippen molar-refractivity contribution in [3.05, 3.63) is 0 Å². The second-order valence-corrected chi connectivity index (χ2v) is 6.16. The number of halogens is 1. The quantitative estimate of drug-likeness (QED) is 0.286. The van der Waals surface area contributed by atoms with Crippen molar-refractivity contribution in [3.8, 4) is 0 Å². The zero-order valence-electron chi connectivity index (χ0n) is 10.6. The van der Waals surface area contributed by atoms with Gasteiger partial charge in [-0.2, -0.15) is 0 Å². The van der Waals surface area contributed by atoms with Crippen LogP contribution in [-0.2, 0) is 9.59 Å². The molecule has 1 aliphatic heterocycles. The molecule has 1 fully saturated rings. The first-order chi connectivity index (χ1) is 8.21. The molecule has 3 N–H and O–H groups in total. The van der Waals surface area contributed by atoms with E-state index in [0.29, 0.717) is 26.2 Å². The Hall–Kier alpha value is -0.345. The molecule has 1 atom stereocenters. The lowest BCUT2D eigenvalue weighted by Gasteiger charge is -2.34. The monoisotopic (exact) mass is 364 g/mol. The Kier molecular flexibility index (Phi) is 5.41. The van der Waals surface area contributed by atoms with Gasteiger partial charge in [0.15, 0.2) is 12.0 Å². The van der Waals surface area contributed by atoms with E-state index in [0.717, 1.165) is 0 Å². The Labute approximate surface area is 122 Å². The smallest absolute Gasteiger partial charge is 0.255 e. The molecular weight excluding hydrogens is 346 g/mol. The van der Waals surface area contributed by atoms with Gasteiger partial charge in [0.05, 0.1) is 5.54 Å². The molecule has 0 saturated carbocycles. The third-order valence-corrected chi connectivity index (χ3v) is 3.53. The minimum atomic E-state index is -0.986. The number of hydrogen-bond acceptors (Lipinski definition) is 4. The van der Waals surface area contributed by atoms with Crippen molar-refractivity contribution in [1.29, 1.82) is 0 Å². The van der Waals surface area contributed by atoms with E-state index in [1.165, 1.54) is 0 Å². The third-order valence-electron chi connectivity index (χ3n) is 2.69. The van der Waals surface area contributed by atoms with Crippen LogP contribution >= 0.6 is 22.6 Å². The van der Waals surface area contributed by atoms with Crippen LogP contribution in [-0.4, -0.2) is 65.3 Å². The molecule has 100 valence electrons. The van der Waals surface area contributed by atoms with Crippen LogP contribution in [0.2, 0.25) is 0 Å². The normalized spacial score (nSPS) is 19.4. The Morgan fingerprint density at radius 3 is 2.28 bits per heavy atom. The average Bonchev–Trinajstić information content (AvgIpc) is 2.27. The van der Waals surface area contributed by atoms with Crippen LogP contribution in [0.15, 0.2) is 0 Å². The predicted molar refractivity (Wildman–Crippen MR) is 78.1 cm³/mol. The zero-order valence-corrected chi connectivity index (χ0v) is 12.8. The molecule has 0 aliphatic carbocycles. The molecule has 2 radical (unpaired) electrons. The fourth-order valence-electron chi connectivity index (χ4n) is 1.47. The van der Waals surface area contributed by atoms with E-state index in [-0.39, 0.29) is 11.8 Å². The maximum absolute atomic E-state index is 12.1. The molecule has 0 aromatic heterocycles. The number of piperazine rings is 1. The Morgan fingerprint density at radius 1 is 1.33 bits per heavy atom. The molecular formula is C10H18BIN4O2. The average molecular weight is 364 g/mol. The van der Waals surface area contributed by atoms with Gasteiger partial charge in [0.2, 0.25) is 5.91 Å². The summed E-state index contributed by atoms with van der Waals surface area (Å²) in [7, 11) is 5.62. The maximum atomic E-state index is 12.1. The fourth-order valence-corrected chi connectivity index (χ4v) is 2.14. The standard InChI is InChI=1S/C10H18BIN4O2/c1-10(2,13)9(18)14-7(12)8(17)15-3-5-16(11)6-4-15/h7H,3-6,13H2,1-2H3,(H,14,18)/t7-/m0/s1. The van der Waals surface area contributed by atoms with Crippen LogP contribution in [0.25, 0.3) is 0 Å². The Balaban J connectivity index is 2.49.